The van der Waals surface area contributed by atoms with Gasteiger partial charge in [0.15, 0.2) is 0 Å². The summed E-state index contributed by atoms with van der Waals surface area (Å²) in [5.74, 6) is 0. The van der Waals surface area contributed by atoms with Gasteiger partial charge < -0.3 is 5.73 Å². The van der Waals surface area contributed by atoms with E-state index in [0.29, 0.717) is 0 Å². The van der Waals surface area contributed by atoms with Crippen LogP contribution in [0, 0.1) is 0 Å². The second-order valence-electron chi connectivity index (χ2n) is 3.75. The Labute approximate surface area is 87.3 Å². The predicted octanol–water partition coefficient (Wildman–Crippen LogP) is 3.22. The molecule has 0 aliphatic carbocycles. The molecule has 78 valence electrons. The lowest BCUT2D eigenvalue weighted by Crippen LogP contribution is -2.09. The fourth-order valence-electron chi connectivity index (χ4n) is 1.79. The molecule has 14 heavy (non-hydrogen) atoms. The molecule has 1 nitrogen and oxygen atoms in total. The molecule has 0 saturated heterocycles. The highest BCUT2D eigenvalue weighted by Gasteiger charge is 2.05. The standard InChI is InChI=1S/C13H21N/c1-4-10-7-8-12(13(14)6-3)9-11(10)5-2/h7-9,13H,4-6,14H2,1-3H3/t13-/m0/s1. The SMILES string of the molecule is CCc1ccc([C@@H](N)CC)cc1CC. The van der Waals surface area contributed by atoms with Crippen molar-refractivity contribution < 1.29 is 0 Å². The lowest BCUT2D eigenvalue weighted by Gasteiger charge is -2.13. The van der Waals surface area contributed by atoms with Crippen LogP contribution in [0.3, 0.4) is 0 Å². The first kappa shape index (κ1) is 11.3. The molecule has 0 radical (unpaired) electrons. The number of hydrogen-bond donors (Lipinski definition) is 1. The molecular weight excluding hydrogens is 170 g/mol. The Morgan fingerprint density at radius 2 is 1.71 bits per heavy atom. The number of aryl methyl sites for hydroxylation is 2. The summed E-state index contributed by atoms with van der Waals surface area (Å²) >= 11 is 0. The molecule has 1 heteroatoms. The summed E-state index contributed by atoms with van der Waals surface area (Å²) in [6.07, 6.45) is 3.23. The number of benzene rings is 1. The van der Waals surface area contributed by atoms with Crippen LogP contribution in [0.1, 0.15) is 49.9 Å². The molecule has 0 aromatic heterocycles. The summed E-state index contributed by atoms with van der Waals surface area (Å²) in [6.45, 7) is 6.54. The third kappa shape index (κ3) is 2.36. The van der Waals surface area contributed by atoms with Gasteiger partial charge in [0.25, 0.3) is 0 Å². The molecular formula is C13H21N. The van der Waals surface area contributed by atoms with Gasteiger partial charge in [-0.15, -0.1) is 0 Å². The van der Waals surface area contributed by atoms with Crippen LogP contribution in [-0.2, 0) is 12.8 Å². The molecule has 0 bridgehead atoms. The van der Waals surface area contributed by atoms with Crippen molar-refractivity contribution in [2.75, 3.05) is 0 Å². The molecule has 2 N–H and O–H groups in total. The quantitative estimate of drug-likeness (QED) is 0.777. The highest BCUT2D eigenvalue weighted by Crippen LogP contribution is 2.19. The molecule has 0 amide bonds. The number of hydrogen-bond acceptors (Lipinski definition) is 1. The van der Waals surface area contributed by atoms with E-state index >= 15 is 0 Å². The second-order valence-corrected chi connectivity index (χ2v) is 3.75. The van der Waals surface area contributed by atoms with E-state index in [1.807, 2.05) is 0 Å². The second kappa shape index (κ2) is 5.16. The molecule has 1 aromatic rings. The molecule has 0 saturated carbocycles. The molecule has 0 aliphatic rings. The van der Waals surface area contributed by atoms with Gasteiger partial charge in [0, 0.05) is 6.04 Å². The first-order valence-corrected chi connectivity index (χ1v) is 5.60. The van der Waals surface area contributed by atoms with Gasteiger partial charge in [-0.3, -0.25) is 0 Å². The Morgan fingerprint density at radius 1 is 1.07 bits per heavy atom. The summed E-state index contributed by atoms with van der Waals surface area (Å²) in [6, 6.07) is 6.87. The maximum absolute atomic E-state index is 6.01. The third-order valence-electron chi connectivity index (χ3n) is 2.86. The van der Waals surface area contributed by atoms with Crippen LogP contribution >= 0.6 is 0 Å². The lowest BCUT2D eigenvalue weighted by atomic mass is 9.96. The van der Waals surface area contributed by atoms with Gasteiger partial charge in [0.1, 0.15) is 0 Å². The maximum atomic E-state index is 6.01. The van der Waals surface area contributed by atoms with E-state index in [-0.39, 0.29) is 6.04 Å². The molecule has 0 spiro atoms. The summed E-state index contributed by atoms with van der Waals surface area (Å²) in [7, 11) is 0. The van der Waals surface area contributed by atoms with Gasteiger partial charge in [0.2, 0.25) is 0 Å². The van der Waals surface area contributed by atoms with E-state index in [4.69, 9.17) is 5.73 Å². The van der Waals surface area contributed by atoms with Crippen LogP contribution in [0.25, 0.3) is 0 Å². The first-order valence-electron chi connectivity index (χ1n) is 5.60. The summed E-state index contributed by atoms with van der Waals surface area (Å²) < 4.78 is 0. The van der Waals surface area contributed by atoms with Crippen molar-refractivity contribution in [2.45, 2.75) is 46.1 Å². The topological polar surface area (TPSA) is 26.0 Å². The normalized spacial score (nSPS) is 12.9. The minimum atomic E-state index is 0.200. The largest absolute Gasteiger partial charge is 0.324 e. The van der Waals surface area contributed by atoms with E-state index < -0.39 is 0 Å². The van der Waals surface area contributed by atoms with Crippen LogP contribution in [0.5, 0.6) is 0 Å². The predicted molar refractivity (Wildman–Crippen MR) is 62.4 cm³/mol. The fourth-order valence-corrected chi connectivity index (χ4v) is 1.79. The minimum Gasteiger partial charge on any atom is -0.324 e. The van der Waals surface area contributed by atoms with Gasteiger partial charge in [0.05, 0.1) is 0 Å². The van der Waals surface area contributed by atoms with E-state index in [1.165, 1.54) is 16.7 Å². The highest BCUT2D eigenvalue weighted by atomic mass is 14.6. The van der Waals surface area contributed by atoms with E-state index in [1.54, 1.807) is 0 Å². The Hall–Kier alpha value is -0.820. The zero-order valence-electron chi connectivity index (χ0n) is 9.51. The summed E-state index contributed by atoms with van der Waals surface area (Å²) in [5, 5.41) is 0. The van der Waals surface area contributed by atoms with Crippen molar-refractivity contribution in [1.82, 2.24) is 0 Å². The summed E-state index contributed by atoms with van der Waals surface area (Å²) in [4.78, 5) is 0. The maximum Gasteiger partial charge on any atom is 0.0292 e. The smallest absolute Gasteiger partial charge is 0.0292 e. The molecule has 1 atom stereocenters. The van der Waals surface area contributed by atoms with Crippen LogP contribution in [0.2, 0.25) is 0 Å². The number of nitrogens with two attached hydrogens (primary N) is 1. The van der Waals surface area contributed by atoms with Gasteiger partial charge in [-0.05, 0) is 36.0 Å². The lowest BCUT2D eigenvalue weighted by molar-refractivity contribution is 0.697. The van der Waals surface area contributed by atoms with Crippen molar-refractivity contribution >= 4 is 0 Å². The average molecular weight is 191 g/mol. The third-order valence-corrected chi connectivity index (χ3v) is 2.86. The Balaban J connectivity index is 3.01. The Morgan fingerprint density at radius 3 is 2.21 bits per heavy atom. The van der Waals surface area contributed by atoms with Crippen molar-refractivity contribution in [1.29, 1.82) is 0 Å². The molecule has 1 rings (SSSR count). The zero-order chi connectivity index (χ0) is 10.6. The van der Waals surface area contributed by atoms with Crippen LogP contribution in [0.15, 0.2) is 18.2 Å². The monoisotopic (exact) mass is 191 g/mol. The molecule has 1 aromatic carbocycles. The number of rotatable bonds is 4. The first-order chi connectivity index (χ1) is 6.72. The van der Waals surface area contributed by atoms with E-state index in [2.05, 4.69) is 39.0 Å². The molecule has 0 heterocycles. The van der Waals surface area contributed by atoms with Crippen molar-refractivity contribution in [3.8, 4) is 0 Å². The van der Waals surface area contributed by atoms with E-state index in [0.717, 1.165) is 19.3 Å². The average Bonchev–Trinajstić information content (AvgIpc) is 2.26. The van der Waals surface area contributed by atoms with Gasteiger partial charge in [-0.25, -0.2) is 0 Å². The van der Waals surface area contributed by atoms with Gasteiger partial charge in [-0.2, -0.15) is 0 Å². The van der Waals surface area contributed by atoms with Crippen molar-refractivity contribution in [3.05, 3.63) is 34.9 Å². The molecule has 0 fully saturated rings. The Kier molecular flexibility index (Phi) is 4.15. The van der Waals surface area contributed by atoms with Crippen LogP contribution in [0.4, 0.5) is 0 Å². The summed E-state index contributed by atoms with van der Waals surface area (Å²) in [5.41, 5.74) is 10.2. The Bertz CT molecular complexity index is 291. The highest BCUT2D eigenvalue weighted by molar-refractivity contribution is 5.33. The van der Waals surface area contributed by atoms with Gasteiger partial charge >= 0.3 is 0 Å². The van der Waals surface area contributed by atoms with Crippen LogP contribution < -0.4 is 5.73 Å². The van der Waals surface area contributed by atoms with Gasteiger partial charge in [-0.1, -0.05) is 39.0 Å². The zero-order valence-corrected chi connectivity index (χ0v) is 9.51. The van der Waals surface area contributed by atoms with Crippen molar-refractivity contribution in [3.63, 3.8) is 0 Å². The van der Waals surface area contributed by atoms with E-state index in [9.17, 15) is 0 Å². The molecule has 0 unspecified atom stereocenters. The van der Waals surface area contributed by atoms with Crippen LogP contribution in [-0.4, -0.2) is 0 Å². The van der Waals surface area contributed by atoms with Crippen molar-refractivity contribution in [2.24, 2.45) is 5.73 Å². The minimum absolute atomic E-state index is 0.200. The fraction of sp³-hybridized carbons (Fsp3) is 0.538. The molecule has 0 aliphatic heterocycles.